The highest BCUT2D eigenvalue weighted by Gasteiger charge is 2.12. The van der Waals surface area contributed by atoms with Crippen LogP contribution in [0.2, 0.25) is 0 Å². The van der Waals surface area contributed by atoms with Gasteiger partial charge in [0.2, 0.25) is 5.91 Å². The third kappa shape index (κ3) is 6.60. The lowest BCUT2D eigenvalue weighted by molar-refractivity contribution is -0.120. The van der Waals surface area contributed by atoms with E-state index in [0.29, 0.717) is 33.4 Å². The Hall–Kier alpha value is -3.82. The van der Waals surface area contributed by atoms with E-state index in [9.17, 15) is 14.4 Å². The first-order chi connectivity index (χ1) is 16.6. The number of nitrogens with one attached hydrogen (secondary N) is 2. The molecule has 2 N–H and O–H groups in total. The molecule has 2 heterocycles. The maximum Gasteiger partial charge on any atom is 0.338 e. The molecule has 4 aromatic rings. The summed E-state index contributed by atoms with van der Waals surface area (Å²) in [6.45, 7) is 0.476. The predicted octanol–water partition coefficient (Wildman–Crippen LogP) is 4.67. The molecule has 172 valence electrons. The smallest absolute Gasteiger partial charge is 0.338 e. The number of thiophene rings is 1. The number of aromatic nitrogens is 1. The number of anilines is 1. The molecule has 0 radical (unpaired) electrons. The van der Waals surface area contributed by atoms with Gasteiger partial charge in [-0.15, -0.1) is 22.7 Å². The SMILES string of the molecule is O=C(Cc1nc(COC(=O)c2ccc(NC(=O)c3cccs3)cc2)cs1)NCc1ccccc1. The fraction of sp³-hybridized carbons (Fsp3) is 0.120. The van der Waals surface area contributed by atoms with E-state index in [-0.39, 0.29) is 24.8 Å². The van der Waals surface area contributed by atoms with Gasteiger partial charge in [0.05, 0.1) is 22.6 Å². The lowest BCUT2D eigenvalue weighted by Gasteiger charge is -2.06. The van der Waals surface area contributed by atoms with E-state index in [4.69, 9.17) is 4.74 Å². The number of hydrogen-bond donors (Lipinski definition) is 2. The molecular weight excluding hydrogens is 470 g/mol. The second-order valence-corrected chi connectivity index (χ2v) is 9.15. The van der Waals surface area contributed by atoms with Crippen molar-refractivity contribution < 1.29 is 19.1 Å². The molecule has 0 saturated heterocycles. The van der Waals surface area contributed by atoms with Crippen molar-refractivity contribution in [2.24, 2.45) is 0 Å². The summed E-state index contributed by atoms with van der Waals surface area (Å²) in [4.78, 5) is 41.6. The van der Waals surface area contributed by atoms with Crippen molar-refractivity contribution in [3.63, 3.8) is 0 Å². The van der Waals surface area contributed by atoms with E-state index < -0.39 is 5.97 Å². The van der Waals surface area contributed by atoms with Gasteiger partial charge in [-0.3, -0.25) is 9.59 Å². The number of thiazole rings is 1. The minimum Gasteiger partial charge on any atom is -0.456 e. The van der Waals surface area contributed by atoms with Crippen LogP contribution in [0.4, 0.5) is 5.69 Å². The van der Waals surface area contributed by atoms with Crippen LogP contribution in [-0.2, 0) is 29.1 Å². The Labute approximate surface area is 204 Å². The summed E-state index contributed by atoms with van der Waals surface area (Å²) in [5.41, 5.74) is 2.57. The molecule has 0 saturated carbocycles. The second kappa shape index (κ2) is 11.4. The molecular formula is C25H21N3O4S2. The van der Waals surface area contributed by atoms with Crippen molar-refractivity contribution >= 4 is 46.1 Å². The summed E-state index contributed by atoms with van der Waals surface area (Å²) in [5.74, 6) is -0.808. The topological polar surface area (TPSA) is 97.4 Å². The lowest BCUT2D eigenvalue weighted by Crippen LogP contribution is -2.24. The van der Waals surface area contributed by atoms with E-state index >= 15 is 0 Å². The molecule has 0 aliphatic carbocycles. The molecule has 0 unspecified atom stereocenters. The third-order valence-corrected chi connectivity index (χ3v) is 6.48. The highest BCUT2D eigenvalue weighted by Crippen LogP contribution is 2.16. The maximum atomic E-state index is 12.3. The van der Waals surface area contributed by atoms with Gasteiger partial charge in [-0.25, -0.2) is 9.78 Å². The number of rotatable bonds is 9. The van der Waals surface area contributed by atoms with E-state index in [1.807, 2.05) is 41.8 Å². The molecule has 0 aliphatic heterocycles. The Kier molecular flexibility index (Phi) is 7.79. The van der Waals surface area contributed by atoms with Crippen molar-refractivity contribution in [3.05, 3.63) is 104 Å². The number of ether oxygens (including phenoxy) is 1. The van der Waals surface area contributed by atoms with Crippen molar-refractivity contribution in [3.8, 4) is 0 Å². The summed E-state index contributed by atoms with van der Waals surface area (Å²) < 4.78 is 5.34. The van der Waals surface area contributed by atoms with Crippen LogP contribution < -0.4 is 10.6 Å². The molecule has 0 fully saturated rings. The van der Waals surface area contributed by atoms with Crippen molar-refractivity contribution in [2.75, 3.05) is 5.32 Å². The Bertz CT molecular complexity index is 1250. The molecule has 9 heteroatoms. The predicted molar refractivity (Wildman–Crippen MR) is 132 cm³/mol. The van der Waals surface area contributed by atoms with Gasteiger partial charge in [-0.1, -0.05) is 36.4 Å². The average molecular weight is 492 g/mol. The van der Waals surface area contributed by atoms with Gasteiger partial charge in [0.15, 0.2) is 0 Å². The Morgan fingerprint density at radius 1 is 0.912 bits per heavy atom. The first kappa shape index (κ1) is 23.3. The van der Waals surface area contributed by atoms with Crippen LogP contribution in [0.15, 0.2) is 77.5 Å². The summed E-state index contributed by atoms with van der Waals surface area (Å²) in [6, 6.07) is 19.7. The summed E-state index contributed by atoms with van der Waals surface area (Å²) in [7, 11) is 0. The fourth-order valence-corrected chi connectivity index (χ4v) is 4.40. The third-order valence-electron chi connectivity index (χ3n) is 4.72. The van der Waals surface area contributed by atoms with E-state index in [0.717, 1.165) is 5.56 Å². The van der Waals surface area contributed by atoms with Crippen LogP contribution in [0, 0.1) is 0 Å². The number of benzene rings is 2. The highest BCUT2D eigenvalue weighted by molar-refractivity contribution is 7.12. The molecule has 0 aliphatic rings. The molecule has 0 spiro atoms. The van der Waals surface area contributed by atoms with Gasteiger partial charge >= 0.3 is 5.97 Å². The zero-order chi connectivity index (χ0) is 23.8. The largest absolute Gasteiger partial charge is 0.456 e. The molecule has 4 rings (SSSR count). The van der Waals surface area contributed by atoms with Crippen LogP contribution in [-0.4, -0.2) is 22.8 Å². The standard InChI is InChI=1S/C25H21N3O4S2/c29-22(26-14-17-5-2-1-3-6-17)13-23-27-20(16-34-23)15-32-25(31)18-8-10-19(11-9-18)28-24(30)21-7-4-12-33-21/h1-12,16H,13-15H2,(H,26,29)(H,28,30). The van der Waals surface area contributed by atoms with Crippen molar-refractivity contribution in [2.45, 2.75) is 19.6 Å². The summed E-state index contributed by atoms with van der Waals surface area (Å²) in [6.07, 6.45) is 0.171. The zero-order valence-electron chi connectivity index (χ0n) is 18.0. The van der Waals surface area contributed by atoms with Gasteiger partial charge in [-0.05, 0) is 41.3 Å². The number of esters is 1. The van der Waals surface area contributed by atoms with Gasteiger partial charge in [0.25, 0.3) is 5.91 Å². The summed E-state index contributed by atoms with van der Waals surface area (Å²) >= 11 is 2.71. The minimum atomic E-state index is -0.494. The van der Waals surface area contributed by atoms with Gasteiger partial charge in [0, 0.05) is 17.6 Å². The van der Waals surface area contributed by atoms with Gasteiger partial charge in [0.1, 0.15) is 11.6 Å². The summed E-state index contributed by atoms with van der Waals surface area (Å²) in [5, 5.41) is 9.91. The van der Waals surface area contributed by atoms with Crippen molar-refractivity contribution in [1.82, 2.24) is 10.3 Å². The highest BCUT2D eigenvalue weighted by atomic mass is 32.1. The Balaban J connectivity index is 1.22. The number of hydrogen-bond acceptors (Lipinski definition) is 7. The molecule has 2 aromatic heterocycles. The molecule has 0 atom stereocenters. The van der Waals surface area contributed by atoms with Crippen LogP contribution in [0.1, 0.15) is 36.3 Å². The molecule has 7 nitrogen and oxygen atoms in total. The van der Waals surface area contributed by atoms with Crippen LogP contribution >= 0.6 is 22.7 Å². The first-order valence-corrected chi connectivity index (χ1v) is 12.2. The van der Waals surface area contributed by atoms with Crippen molar-refractivity contribution in [1.29, 1.82) is 0 Å². The molecule has 2 aromatic carbocycles. The quantitative estimate of drug-likeness (QED) is 0.332. The number of amides is 2. The Morgan fingerprint density at radius 2 is 1.71 bits per heavy atom. The number of carbonyl (C=O) groups excluding carboxylic acids is 3. The first-order valence-electron chi connectivity index (χ1n) is 10.4. The second-order valence-electron chi connectivity index (χ2n) is 7.26. The van der Waals surface area contributed by atoms with Gasteiger partial charge in [-0.2, -0.15) is 0 Å². The van der Waals surface area contributed by atoms with Crippen LogP contribution in [0.3, 0.4) is 0 Å². The number of nitrogens with zero attached hydrogens (tertiary/aromatic N) is 1. The molecule has 2 amide bonds. The minimum absolute atomic E-state index is 0.0117. The lowest BCUT2D eigenvalue weighted by atomic mass is 10.2. The van der Waals surface area contributed by atoms with E-state index in [1.54, 1.807) is 35.7 Å². The Morgan fingerprint density at radius 3 is 2.44 bits per heavy atom. The fourth-order valence-electron chi connectivity index (χ4n) is 3.01. The number of carbonyl (C=O) groups is 3. The van der Waals surface area contributed by atoms with Crippen LogP contribution in [0.5, 0.6) is 0 Å². The van der Waals surface area contributed by atoms with Gasteiger partial charge < -0.3 is 15.4 Å². The zero-order valence-corrected chi connectivity index (χ0v) is 19.7. The van der Waals surface area contributed by atoms with E-state index in [1.165, 1.54) is 22.7 Å². The normalized spacial score (nSPS) is 10.5. The van der Waals surface area contributed by atoms with E-state index in [2.05, 4.69) is 15.6 Å². The average Bonchev–Trinajstić information content (AvgIpc) is 3.55. The molecule has 34 heavy (non-hydrogen) atoms. The molecule has 0 bridgehead atoms. The van der Waals surface area contributed by atoms with Crippen LogP contribution in [0.25, 0.3) is 0 Å². The monoisotopic (exact) mass is 491 g/mol. The maximum absolute atomic E-state index is 12.3.